The summed E-state index contributed by atoms with van der Waals surface area (Å²) in [4.78, 5) is 18.5. The number of halogens is 2. The molecule has 4 heterocycles. The average molecular weight is 663 g/mol. The van der Waals surface area contributed by atoms with Crippen molar-refractivity contribution in [1.82, 2.24) is 19.4 Å². The van der Waals surface area contributed by atoms with Crippen LogP contribution in [0.1, 0.15) is 48.3 Å². The number of hydrogen-bond donors (Lipinski definition) is 3. The topological polar surface area (TPSA) is 123 Å². The Bertz CT molecular complexity index is 1650. The number of aromatic nitrogens is 2. The van der Waals surface area contributed by atoms with Crippen LogP contribution in [0, 0.1) is 0 Å². The van der Waals surface area contributed by atoms with E-state index in [1.807, 2.05) is 12.1 Å². The van der Waals surface area contributed by atoms with Crippen molar-refractivity contribution in [3.63, 3.8) is 0 Å². The van der Waals surface area contributed by atoms with Gasteiger partial charge in [0, 0.05) is 79.0 Å². The monoisotopic (exact) mass is 661 g/mol. The van der Waals surface area contributed by atoms with E-state index in [4.69, 9.17) is 27.9 Å². The minimum Gasteiger partial charge on any atom is -0.381 e. The molecule has 0 unspecified atom stereocenters. The first-order valence-electron chi connectivity index (χ1n) is 14.7. The van der Waals surface area contributed by atoms with Crippen LogP contribution in [0.5, 0.6) is 0 Å². The van der Waals surface area contributed by atoms with E-state index in [1.54, 1.807) is 13.8 Å². The lowest BCUT2D eigenvalue weighted by Crippen LogP contribution is -2.44. The molecule has 3 N–H and O–H groups in total. The Morgan fingerprint density at radius 2 is 1.73 bits per heavy atom. The zero-order chi connectivity index (χ0) is 31.2. The molecule has 14 heteroatoms. The molecule has 1 aromatic heterocycles. The van der Waals surface area contributed by atoms with Crippen molar-refractivity contribution in [1.29, 1.82) is 0 Å². The van der Waals surface area contributed by atoms with E-state index in [1.165, 1.54) is 22.5 Å². The Morgan fingerprint density at radius 1 is 1.05 bits per heavy atom. The lowest BCUT2D eigenvalue weighted by Gasteiger charge is -2.34. The number of sulfonamides is 1. The van der Waals surface area contributed by atoms with E-state index >= 15 is 0 Å². The van der Waals surface area contributed by atoms with Crippen molar-refractivity contribution in [2.45, 2.75) is 49.7 Å². The van der Waals surface area contributed by atoms with E-state index in [0.717, 1.165) is 50.4 Å². The largest absolute Gasteiger partial charge is 0.381 e. The van der Waals surface area contributed by atoms with Crippen LogP contribution in [-0.4, -0.2) is 86.2 Å². The molecule has 1 amide bonds. The van der Waals surface area contributed by atoms with Gasteiger partial charge in [0.25, 0.3) is 5.91 Å². The summed E-state index contributed by atoms with van der Waals surface area (Å²) in [6, 6.07) is 10.3. The van der Waals surface area contributed by atoms with E-state index in [2.05, 4.69) is 43.7 Å². The average Bonchev–Trinajstić information content (AvgIpc) is 3.51. The van der Waals surface area contributed by atoms with Gasteiger partial charge in [-0.25, -0.2) is 8.42 Å². The molecule has 0 aliphatic carbocycles. The summed E-state index contributed by atoms with van der Waals surface area (Å²) < 4.78 is 34.4. The van der Waals surface area contributed by atoms with E-state index < -0.39 is 15.6 Å². The smallest absolute Gasteiger partial charge is 0.258 e. The summed E-state index contributed by atoms with van der Waals surface area (Å²) in [5, 5.41) is 14.4. The number of aromatic amines is 1. The molecule has 2 fully saturated rings. The Balaban J connectivity index is 1.27. The molecule has 3 aromatic rings. The quantitative estimate of drug-likeness (QED) is 0.332. The molecular formula is C30H37Cl2N7O4S. The van der Waals surface area contributed by atoms with Crippen molar-refractivity contribution in [2.75, 3.05) is 62.0 Å². The van der Waals surface area contributed by atoms with E-state index in [9.17, 15) is 13.2 Å². The molecule has 0 spiro atoms. The number of likely N-dealkylation sites (N-methyl/N-ethyl adjacent to an activating group) is 1. The van der Waals surface area contributed by atoms with E-state index in [-0.39, 0.29) is 33.4 Å². The highest BCUT2D eigenvalue weighted by atomic mass is 35.5. The number of amides is 1. The number of benzene rings is 2. The van der Waals surface area contributed by atoms with Crippen LogP contribution in [-0.2, 0) is 26.8 Å². The van der Waals surface area contributed by atoms with Crippen LogP contribution in [0.25, 0.3) is 0 Å². The molecule has 0 radical (unpaired) electrons. The molecule has 3 aliphatic heterocycles. The maximum absolute atomic E-state index is 13.8. The maximum atomic E-state index is 13.8. The van der Waals surface area contributed by atoms with Gasteiger partial charge < -0.3 is 25.2 Å². The third-order valence-electron chi connectivity index (χ3n) is 8.76. The highest BCUT2D eigenvalue weighted by molar-refractivity contribution is 7.89. The number of H-pyrrole nitrogens is 1. The predicted molar refractivity (Wildman–Crippen MR) is 172 cm³/mol. The molecule has 3 aliphatic rings. The van der Waals surface area contributed by atoms with Crippen molar-refractivity contribution >= 4 is 56.3 Å². The molecule has 236 valence electrons. The van der Waals surface area contributed by atoms with Crippen molar-refractivity contribution in [3.8, 4) is 0 Å². The van der Waals surface area contributed by atoms with Gasteiger partial charge in [0.15, 0.2) is 5.82 Å². The van der Waals surface area contributed by atoms with Gasteiger partial charge in [-0.1, -0.05) is 23.2 Å². The standard InChI is InChI=1S/C30H37Cl2N7O4S/c1-30(2)27-25(18-39(30)44(41,42)23-15-19(31)14-20(32)16-23)28(36-35-27)34-29(40)24-5-4-22(38-10-8-37(3)9-11-38)17-26(24)33-21-6-12-43-13-7-21/h4-5,14-17,21,33H,6-13,18H2,1-3H3,(H2,34,35,36,40). The first kappa shape index (κ1) is 31.1. The van der Waals surface area contributed by atoms with Gasteiger partial charge in [0.2, 0.25) is 10.0 Å². The summed E-state index contributed by atoms with van der Waals surface area (Å²) >= 11 is 12.3. The molecule has 6 rings (SSSR count). The van der Waals surface area contributed by atoms with Gasteiger partial charge in [-0.05, 0) is 70.1 Å². The number of carbonyl (C=O) groups excluding carboxylic acids is 1. The Morgan fingerprint density at radius 3 is 2.41 bits per heavy atom. The molecule has 11 nitrogen and oxygen atoms in total. The van der Waals surface area contributed by atoms with Crippen LogP contribution in [0.3, 0.4) is 0 Å². The van der Waals surface area contributed by atoms with Gasteiger partial charge in [-0.2, -0.15) is 9.40 Å². The summed E-state index contributed by atoms with van der Waals surface area (Å²) in [5.41, 5.74) is 2.54. The third-order valence-corrected chi connectivity index (χ3v) is 11.2. The number of rotatable bonds is 7. The minimum absolute atomic E-state index is 0.00366. The molecule has 0 saturated carbocycles. The number of nitrogens with one attached hydrogen (secondary N) is 3. The Hall–Kier alpha value is -2.87. The number of hydrogen-bond acceptors (Lipinski definition) is 8. The molecule has 2 saturated heterocycles. The van der Waals surface area contributed by atoms with Crippen LogP contribution >= 0.6 is 23.2 Å². The van der Waals surface area contributed by atoms with Crippen LogP contribution < -0.4 is 15.5 Å². The van der Waals surface area contributed by atoms with E-state index in [0.29, 0.717) is 35.9 Å². The highest BCUT2D eigenvalue weighted by Gasteiger charge is 2.48. The molecule has 2 aromatic carbocycles. The summed E-state index contributed by atoms with van der Waals surface area (Å²) in [6.07, 6.45) is 1.70. The minimum atomic E-state index is -3.99. The summed E-state index contributed by atoms with van der Waals surface area (Å²) in [7, 11) is -1.87. The second-order valence-electron chi connectivity index (χ2n) is 12.1. The normalized spacial score (nSPS) is 19.6. The zero-order valence-electron chi connectivity index (χ0n) is 25.0. The highest BCUT2D eigenvalue weighted by Crippen LogP contribution is 2.44. The van der Waals surface area contributed by atoms with Crippen molar-refractivity contribution in [2.24, 2.45) is 0 Å². The fourth-order valence-corrected chi connectivity index (χ4v) is 8.59. The predicted octanol–water partition coefficient (Wildman–Crippen LogP) is 4.75. The first-order valence-corrected chi connectivity index (χ1v) is 16.9. The second-order valence-corrected chi connectivity index (χ2v) is 14.8. The first-order chi connectivity index (χ1) is 20.9. The molecule has 0 atom stereocenters. The number of nitrogens with zero attached hydrogens (tertiary/aromatic N) is 4. The SMILES string of the molecule is CN1CCN(c2ccc(C(=O)Nc3n[nH]c4c3CN(S(=O)(=O)c3cc(Cl)cc(Cl)c3)C4(C)C)c(NC3CCOCC3)c2)CC1. The number of carbonyl (C=O) groups is 1. The van der Waals surface area contributed by atoms with Gasteiger partial charge in [-0.15, -0.1) is 0 Å². The summed E-state index contributed by atoms with van der Waals surface area (Å²) in [5.74, 6) is -0.0421. The fraction of sp³-hybridized carbons (Fsp3) is 0.467. The number of ether oxygens (including phenoxy) is 1. The van der Waals surface area contributed by atoms with Gasteiger partial charge in [-0.3, -0.25) is 9.89 Å². The van der Waals surface area contributed by atoms with Crippen molar-refractivity contribution < 1.29 is 17.9 Å². The van der Waals surface area contributed by atoms with Crippen molar-refractivity contribution in [3.05, 3.63) is 63.3 Å². The number of anilines is 3. The van der Waals surface area contributed by atoms with Crippen LogP contribution in [0.4, 0.5) is 17.2 Å². The Labute approximate surface area is 267 Å². The fourth-order valence-electron chi connectivity index (χ4n) is 6.13. The van der Waals surface area contributed by atoms with Gasteiger partial charge in [0.1, 0.15) is 0 Å². The van der Waals surface area contributed by atoms with Gasteiger partial charge >= 0.3 is 0 Å². The van der Waals surface area contributed by atoms with Crippen LogP contribution in [0.15, 0.2) is 41.3 Å². The third kappa shape index (κ3) is 6.03. The van der Waals surface area contributed by atoms with Crippen LogP contribution in [0.2, 0.25) is 10.0 Å². The summed E-state index contributed by atoms with van der Waals surface area (Å²) in [6.45, 7) is 8.71. The number of piperazine rings is 1. The second kappa shape index (κ2) is 12.1. The zero-order valence-corrected chi connectivity index (χ0v) is 27.3. The Kier molecular flexibility index (Phi) is 8.59. The number of fused-ring (bicyclic) bond motifs is 1. The molecular weight excluding hydrogens is 625 g/mol. The molecule has 0 bridgehead atoms. The maximum Gasteiger partial charge on any atom is 0.258 e. The molecule has 44 heavy (non-hydrogen) atoms. The lowest BCUT2D eigenvalue weighted by atomic mass is 10.0. The van der Waals surface area contributed by atoms with Gasteiger partial charge in [0.05, 0.1) is 21.7 Å². The lowest BCUT2D eigenvalue weighted by molar-refractivity contribution is 0.0904.